The molecular formula is C20H27N3O2S. The van der Waals surface area contributed by atoms with Gasteiger partial charge in [-0.05, 0) is 49.3 Å². The van der Waals surface area contributed by atoms with E-state index < -0.39 is 0 Å². The quantitative estimate of drug-likeness (QED) is 0.808. The number of aromatic nitrogens is 1. The molecule has 140 valence electrons. The van der Waals surface area contributed by atoms with Crippen LogP contribution in [0.25, 0.3) is 10.1 Å². The number of rotatable bonds is 2. The predicted octanol–water partition coefficient (Wildman–Crippen LogP) is 3.15. The van der Waals surface area contributed by atoms with Crippen molar-refractivity contribution in [3.05, 3.63) is 24.3 Å². The van der Waals surface area contributed by atoms with E-state index in [0.717, 1.165) is 58.8 Å². The van der Waals surface area contributed by atoms with Crippen LogP contribution < -0.4 is 4.90 Å². The van der Waals surface area contributed by atoms with Gasteiger partial charge in [-0.1, -0.05) is 12.1 Å². The van der Waals surface area contributed by atoms with Crippen molar-refractivity contribution in [2.75, 3.05) is 50.9 Å². The molecule has 3 fully saturated rings. The lowest BCUT2D eigenvalue weighted by Crippen LogP contribution is -2.56. The third kappa shape index (κ3) is 3.13. The maximum absolute atomic E-state index is 6.23. The van der Waals surface area contributed by atoms with Gasteiger partial charge in [-0.25, -0.2) is 0 Å². The topological polar surface area (TPSA) is 37.8 Å². The summed E-state index contributed by atoms with van der Waals surface area (Å²) in [5.74, 6) is 1.18. The first-order valence-corrected chi connectivity index (χ1v) is 10.7. The second-order valence-electron chi connectivity index (χ2n) is 7.82. The van der Waals surface area contributed by atoms with Crippen LogP contribution in [0.4, 0.5) is 5.82 Å². The molecular weight excluding hydrogens is 346 g/mol. The SMILES string of the molecule is c1ccc2c(N3CCN([C@@H]4CCOC5(CCOCC5)C4)CC3)nsc2c1. The third-order valence-corrected chi connectivity index (χ3v) is 7.18. The summed E-state index contributed by atoms with van der Waals surface area (Å²) in [4.78, 5) is 5.17. The minimum Gasteiger partial charge on any atom is -0.381 e. The molecule has 26 heavy (non-hydrogen) atoms. The van der Waals surface area contributed by atoms with Gasteiger partial charge in [-0.2, -0.15) is 4.37 Å². The second kappa shape index (κ2) is 7.08. The Morgan fingerprint density at radius 1 is 1.04 bits per heavy atom. The maximum Gasteiger partial charge on any atom is 0.150 e. The zero-order valence-corrected chi connectivity index (χ0v) is 16.0. The van der Waals surface area contributed by atoms with Crippen LogP contribution >= 0.6 is 11.5 Å². The highest BCUT2D eigenvalue weighted by Crippen LogP contribution is 2.37. The van der Waals surface area contributed by atoms with E-state index in [1.807, 2.05) is 0 Å². The van der Waals surface area contributed by atoms with E-state index >= 15 is 0 Å². The third-order valence-electron chi connectivity index (χ3n) is 6.36. The van der Waals surface area contributed by atoms with E-state index in [4.69, 9.17) is 13.8 Å². The lowest BCUT2D eigenvalue weighted by Gasteiger charge is -2.48. The van der Waals surface area contributed by atoms with E-state index in [0.29, 0.717) is 6.04 Å². The number of benzene rings is 1. The molecule has 0 saturated carbocycles. The molecule has 5 nitrogen and oxygen atoms in total. The minimum atomic E-state index is 0.0867. The van der Waals surface area contributed by atoms with Gasteiger partial charge in [-0.15, -0.1) is 0 Å². The fourth-order valence-electron chi connectivity index (χ4n) is 4.80. The summed E-state index contributed by atoms with van der Waals surface area (Å²) in [6, 6.07) is 9.25. The van der Waals surface area contributed by atoms with Crippen LogP contribution in [0.5, 0.6) is 0 Å². The molecule has 0 N–H and O–H groups in total. The zero-order valence-electron chi connectivity index (χ0n) is 15.2. The number of anilines is 1. The maximum atomic E-state index is 6.23. The first-order valence-electron chi connectivity index (χ1n) is 9.88. The fourth-order valence-corrected chi connectivity index (χ4v) is 5.60. The summed E-state index contributed by atoms with van der Waals surface area (Å²) in [7, 11) is 0. The summed E-state index contributed by atoms with van der Waals surface area (Å²) in [5.41, 5.74) is 0.0867. The van der Waals surface area contributed by atoms with Gasteiger partial charge in [0.1, 0.15) is 5.82 Å². The Kier molecular flexibility index (Phi) is 4.61. The molecule has 0 aliphatic carbocycles. The van der Waals surface area contributed by atoms with Crippen molar-refractivity contribution in [3.63, 3.8) is 0 Å². The number of hydrogen-bond donors (Lipinski definition) is 0. The Bertz CT molecular complexity index is 745. The van der Waals surface area contributed by atoms with Crippen LogP contribution in [-0.2, 0) is 9.47 Å². The van der Waals surface area contributed by atoms with Crippen molar-refractivity contribution in [1.82, 2.24) is 9.27 Å². The first kappa shape index (κ1) is 16.9. The summed E-state index contributed by atoms with van der Waals surface area (Å²) in [6.07, 6.45) is 4.47. The molecule has 6 heteroatoms. The molecule has 4 heterocycles. The molecule has 0 radical (unpaired) electrons. The number of ether oxygens (including phenoxy) is 2. The van der Waals surface area contributed by atoms with Crippen LogP contribution in [-0.4, -0.2) is 66.9 Å². The molecule has 0 unspecified atom stereocenters. The van der Waals surface area contributed by atoms with E-state index in [2.05, 4.69) is 34.1 Å². The van der Waals surface area contributed by atoms with Gasteiger partial charge in [0.2, 0.25) is 0 Å². The van der Waals surface area contributed by atoms with Crippen molar-refractivity contribution in [2.24, 2.45) is 0 Å². The monoisotopic (exact) mass is 373 g/mol. The molecule has 1 atom stereocenters. The van der Waals surface area contributed by atoms with Crippen LogP contribution in [0, 0.1) is 0 Å². The Balaban J connectivity index is 1.24. The number of nitrogens with zero attached hydrogens (tertiary/aromatic N) is 3. The Labute approximate surface area is 159 Å². The van der Waals surface area contributed by atoms with Crippen molar-refractivity contribution in [2.45, 2.75) is 37.3 Å². The average Bonchev–Trinajstić information content (AvgIpc) is 3.13. The largest absolute Gasteiger partial charge is 0.381 e. The molecule has 2 aromatic rings. The summed E-state index contributed by atoms with van der Waals surface area (Å²) < 4.78 is 17.8. The van der Waals surface area contributed by atoms with E-state index in [9.17, 15) is 0 Å². The number of hydrogen-bond acceptors (Lipinski definition) is 6. The smallest absolute Gasteiger partial charge is 0.150 e. The molecule has 0 amide bonds. The fraction of sp³-hybridized carbons (Fsp3) is 0.650. The van der Waals surface area contributed by atoms with Gasteiger partial charge in [0.25, 0.3) is 0 Å². The Morgan fingerprint density at radius 2 is 1.85 bits per heavy atom. The van der Waals surface area contributed by atoms with Gasteiger partial charge in [0.15, 0.2) is 0 Å². The van der Waals surface area contributed by atoms with Gasteiger partial charge in [-0.3, -0.25) is 4.90 Å². The normalized spacial score (nSPS) is 27.2. The molecule has 1 spiro atoms. The predicted molar refractivity (Wildman–Crippen MR) is 105 cm³/mol. The molecule has 1 aromatic heterocycles. The second-order valence-corrected chi connectivity index (χ2v) is 8.62. The number of piperazine rings is 1. The van der Waals surface area contributed by atoms with Crippen molar-refractivity contribution in [1.29, 1.82) is 0 Å². The summed E-state index contributed by atoms with van der Waals surface area (Å²) in [5, 5.41) is 1.30. The lowest BCUT2D eigenvalue weighted by atomic mass is 9.83. The van der Waals surface area contributed by atoms with E-state index in [1.54, 1.807) is 11.5 Å². The van der Waals surface area contributed by atoms with Gasteiger partial charge < -0.3 is 14.4 Å². The average molecular weight is 374 g/mol. The minimum absolute atomic E-state index is 0.0867. The molecule has 3 aliphatic rings. The highest BCUT2D eigenvalue weighted by molar-refractivity contribution is 7.13. The van der Waals surface area contributed by atoms with Gasteiger partial charge in [0.05, 0.1) is 10.3 Å². The molecule has 3 saturated heterocycles. The van der Waals surface area contributed by atoms with Crippen LogP contribution in [0.1, 0.15) is 25.7 Å². The molecule has 1 aromatic carbocycles. The van der Waals surface area contributed by atoms with Gasteiger partial charge in [0, 0.05) is 57.4 Å². The number of fused-ring (bicyclic) bond motifs is 1. The summed E-state index contributed by atoms with van der Waals surface area (Å²) >= 11 is 1.62. The lowest BCUT2D eigenvalue weighted by molar-refractivity contribution is -0.151. The molecule has 0 bridgehead atoms. The van der Waals surface area contributed by atoms with Gasteiger partial charge >= 0.3 is 0 Å². The van der Waals surface area contributed by atoms with Crippen molar-refractivity contribution >= 4 is 27.4 Å². The first-order chi connectivity index (χ1) is 12.8. The van der Waals surface area contributed by atoms with E-state index in [1.165, 1.54) is 28.7 Å². The van der Waals surface area contributed by atoms with Crippen LogP contribution in [0.15, 0.2) is 24.3 Å². The van der Waals surface area contributed by atoms with Crippen molar-refractivity contribution < 1.29 is 9.47 Å². The van der Waals surface area contributed by atoms with Crippen molar-refractivity contribution in [3.8, 4) is 0 Å². The Hall–Kier alpha value is -1.21. The molecule has 3 aliphatic heterocycles. The highest BCUT2D eigenvalue weighted by atomic mass is 32.1. The Morgan fingerprint density at radius 3 is 2.69 bits per heavy atom. The summed E-state index contributed by atoms with van der Waals surface area (Å²) in [6.45, 7) is 7.02. The molecule has 5 rings (SSSR count). The van der Waals surface area contributed by atoms with Crippen LogP contribution in [0.3, 0.4) is 0 Å². The highest BCUT2D eigenvalue weighted by Gasteiger charge is 2.41. The standard InChI is InChI=1S/C20H27N3O2S/c1-2-4-18-17(3-1)19(21-26-18)23-10-8-22(9-11-23)16-5-12-25-20(15-16)6-13-24-14-7-20/h1-4,16H,5-15H2/t16-/m1/s1. The zero-order chi connectivity index (χ0) is 17.4. The van der Waals surface area contributed by atoms with E-state index in [-0.39, 0.29) is 5.60 Å². The van der Waals surface area contributed by atoms with Crippen LogP contribution in [0.2, 0.25) is 0 Å².